The van der Waals surface area contributed by atoms with Gasteiger partial charge in [-0.2, -0.15) is 10.2 Å². The number of aromatic nitrogens is 2. The van der Waals surface area contributed by atoms with Crippen LogP contribution in [-0.4, -0.2) is 36.2 Å². The Morgan fingerprint density at radius 3 is 2.95 bits per heavy atom. The highest BCUT2D eigenvalue weighted by Gasteiger charge is 2.30. The van der Waals surface area contributed by atoms with Crippen LogP contribution >= 0.6 is 0 Å². The Hall–Kier alpha value is -1.69. The zero-order chi connectivity index (χ0) is 13.3. The van der Waals surface area contributed by atoms with Crippen molar-refractivity contribution in [1.29, 1.82) is 0 Å². The van der Waals surface area contributed by atoms with Gasteiger partial charge in [0.05, 0.1) is 28.4 Å². The third-order valence-electron chi connectivity index (χ3n) is 3.53. The van der Waals surface area contributed by atoms with Gasteiger partial charge in [0.1, 0.15) is 0 Å². The fourth-order valence-corrected chi connectivity index (χ4v) is 4.22. The van der Waals surface area contributed by atoms with Crippen molar-refractivity contribution in [2.24, 2.45) is 0 Å². The molecule has 1 aliphatic heterocycles. The lowest BCUT2D eigenvalue weighted by Gasteiger charge is -2.12. The number of sulfone groups is 1. The van der Waals surface area contributed by atoms with Gasteiger partial charge in [0.25, 0.3) is 0 Å². The topological polar surface area (TPSA) is 72.0 Å². The highest BCUT2D eigenvalue weighted by molar-refractivity contribution is 7.92. The molecule has 1 aromatic carbocycles. The summed E-state index contributed by atoms with van der Waals surface area (Å²) < 4.78 is 23.6. The molecule has 3 rings (SSSR count). The van der Waals surface area contributed by atoms with Crippen LogP contribution in [0.3, 0.4) is 0 Å². The Balaban J connectivity index is 1.83. The first-order chi connectivity index (χ1) is 9.17. The summed E-state index contributed by atoms with van der Waals surface area (Å²) in [4.78, 5) is 0. The van der Waals surface area contributed by atoms with Crippen molar-refractivity contribution in [2.75, 3.05) is 17.6 Å². The number of fused-ring (bicyclic) bond motifs is 1. The highest BCUT2D eigenvalue weighted by Crippen LogP contribution is 2.23. The van der Waals surface area contributed by atoms with E-state index in [1.165, 1.54) is 0 Å². The molecule has 2 heterocycles. The van der Waals surface area contributed by atoms with Crippen molar-refractivity contribution >= 4 is 26.4 Å². The summed E-state index contributed by atoms with van der Waals surface area (Å²) in [7, 11) is -2.91. The van der Waals surface area contributed by atoms with E-state index in [0.29, 0.717) is 12.3 Å². The van der Waals surface area contributed by atoms with Crippen LogP contribution in [0.5, 0.6) is 0 Å². The van der Waals surface area contributed by atoms with Gasteiger partial charge in [-0.1, -0.05) is 18.2 Å². The van der Waals surface area contributed by atoms with E-state index in [0.717, 1.165) is 29.4 Å². The van der Waals surface area contributed by atoms with E-state index in [9.17, 15) is 8.42 Å². The van der Waals surface area contributed by atoms with Gasteiger partial charge in [-0.15, -0.1) is 0 Å². The molecule has 1 aromatic heterocycles. The first-order valence-electron chi connectivity index (χ1n) is 6.33. The second-order valence-electron chi connectivity index (χ2n) is 4.79. The Morgan fingerprint density at radius 1 is 1.32 bits per heavy atom. The summed E-state index contributed by atoms with van der Waals surface area (Å²) in [6.45, 7) is 0.442. The summed E-state index contributed by atoms with van der Waals surface area (Å²) in [6.07, 6.45) is 3.15. The number of nitrogens with one attached hydrogen (secondary N) is 1. The van der Waals surface area contributed by atoms with Gasteiger partial charge in [0.2, 0.25) is 0 Å². The van der Waals surface area contributed by atoms with Gasteiger partial charge in [-0.25, -0.2) is 8.42 Å². The molecule has 100 valence electrons. The predicted octanol–water partition coefficient (Wildman–Crippen LogP) is 1.62. The number of hydrogen-bond donors (Lipinski definition) is 1. The zero-order valence-electron chi connectivity index (χ0n) is 10.4. The number of benzene rings is 1. The number of rotatable bonds is 3. The summed E-state index contributed by atoms with van der Waals surface area (Å²) in [5, 5.41) is 11.9. The third kappa shape index (κ3) is 2.40. The predicted molar refractivity (Wildman–Crippen MR) is 74.8 cm³/mol. The standard InChI is InChI=1S/C13H15N3O2S/c17-19(18)7-3-4-10(19)8-14-13-9-15-16-12-6-2-1-5-11(12)13/h1-2,5-6,9-10H,3-4,7-8H2,(H,14,16). The summed E-state index contributed by atoms with van der Waals surface area (Å²) in [6, 6.07) is 7.68. The van der Waals surface area contributed by atoms with Crippen molar-refractivity contribution < 1.29 is 8.42 Å². The molecule has 0 bridgehead atoms. The van der Waals surface area contributed by atoms with Gasteiger partial charge < -0.3 is 5.32 Å². The highest BCUT2D eigenvalue weighted by atomic mass is 32.2. The van der Waals surface area contributed by atoms with Gasteiger partial charge in [0.15, 0.2) is 9.84 Å². The molecule has 1 saturated heterocycles. The van der Waals surface area contributed by atoms with Crippen LogP contribution in [0, 0.1) is 0 Å². The SMILES string of the molecule is O=S1(=O)CCCC1CNc1cnnc2ccccc12. The molecular formula is C13H15N3O2S. The molecule has 2 aromatic rings. The molecule has 1 fully saturated rings. The van der Waals surface area contributed by atoms with E-state index in [-0.39, 0.29) is 5.25 Å². The largest absolute Gasteiger partial charge is 0.382 e. The van der Waals surface area contributed by atoms with Gasteiger partial charge in [0, 0.05) is 11.9 Å². The Kier molecular flexibility index (Phi) is 3.10. The molecule has 0 amide bonds. The van der Waals surface area contributed by atoms with Crippen molar-refractivity contribution in [3.8, 4) is 0 Å². The van der Waals surface area contributed by atoms with Gasteiger partial charge >= 0.3 is 0 Å². The van der Waals surface area contributed by atoms with Crippen molar-refractivity contribution in [1.82, 2.24) is 10.2 Å². The fourth-order valence-electron chi connectivity index (χ4n) is 2.46. The minimum Gasteiger partial charge on any atom is -0.382 e. The third-order valence-corrected chi connectivity index (χ3v) is 5.81. The van der Waals surface area contributed by atoms with Crippen LogP contribution in [0.1, 0.15) is 12.8 Å². The van der Waals surface area contributed by atoms with Crippen molar-refractivity contribution in [3.63, 3.8) is 0 Å². The first-order valence-corrected chi connectivity index (χ1v) is 8.04. The van der Waals surface area contributed by atoms with Crippen molar-refractivity contribution in [3.05, 3.63) is 30.5 Å². The molecule has 0 radical (unpaired) electrons. The molecule has 6 heteroatoms. The lowest BCUT2D eigenvalue weighted by atomic mass is 10.2. The fraction of sp³-hybridized carbons (Fsp3) is 0.385. The van der Waals surface area contributed by atoms with E-state index >= 15 is 0 Å². The number of nitrogens with zero attached hydrogens (tertiary/aromatic N) is 2. The normalized spacial score (nSPS) is 21.6. The smallest absolute Gasteiger partial charge is 0.154 e. The lowest BCUT2D eigenvalue weighted by molar-refractivity contribution is 0.591. The molecule has 0 spiro atoms. The Bertz CT molecular complexity index is 695. The van der Waals surface area contributed by atoms with E-state index < -0.39 is 9.84 Å². The minimum absolute atomic E-state index is 0.278. The maximum Gasteiger partial charge on any atom is 0.154 e. The van der Waals surface area contributed by atoms with E-state index in [1.807, 2.05) is 24.3 Å². The monoisotopic (exact) mass is 277 g/mol. The molecule has 5 nitrogen and oxygen atoms in total. The van der Waals surface area contributed by atoms with Crippen LogP contribution in [0.2, 0.25) is 0 Å². The second-order valence-corrected chi connectivity index (χ2v) is 7.19. The summed E-state index contributed by atoms with van der Waals surface area (Å²) in [5.41, 5.74) is 1.65. The molecular weight excluding hydrogens is 262 g/mol. The number of hydrogen-bond acceptors (Lipinski definition) is 5. The van der Waals surface area contributed by atoms with Gasteiger partial charge in [-0.05, 0) is 18.9 Å². The zero-order valence-corrected chi connectivity index (χ0v) is 11.2. The second kappa shape index (κ2) is 4.77. The molecule has 19 heavy (non-hydrogen) atoms. The van der Waals surface area contributed by atoms with Gasteiger partial charge in [-0.3, -0.25) is 0 Å². The van der Waals surface area contributed by atoms with E-state index in [4.69, 9.17) is 0 Å². The first kappa shape index (κ1) is 12.3. The molecule has 1 aliphatic rings. The number of anilines is 1. The van der Waals surface area contributed by atoms with E-state index in [2.05, 4.69) is 15.5 Å². The Morgan fingerprint density at radius 2 is 2.16 bits per heavy atom. The quantitative estimate of drug-likeness (QED) is 0.923. The molecule has 1 atom stereocenters. The summed E-state index contributed by atoms with van der Waals surface area (Å²) >= 11 is 0. The molecule has 0 aliphatic carbocycles. The molecule has 0 saturated carbocycles. The Labute approximate surface area is 112 Å². The summed E-state index contributed by atoms with van der Waals surface area (Å²) in [5.74, 6) is 0.314. The van der Waals surface area contributed by atoms with Crippen LogP contribution < -0.4 is 5.32 Å². The average molecular weight is 277 g/mol. The van der Waals surface area contributed by atoms with Crippen LogP contribution in [0.15, 0.2) is 30.5 Å². The molecule has 1 unspecified atom stereocenters. The van der Waals surface area contributed by atoms with Crippen LogP contribution in [0.4, 0.5) is 5.69 Å². The minimum atomic E-state index is -2.91. The maximum absolute atomic E-state index is 11.8. The van der Waals surface area contributed by atoms with Crippen LogP contribution in [0.25, 0.3) is 10.9 Å². The average Bonchev–Trinajstić information content (AvgIpc) is 2.75. The van der Waals surface area contributed by atoms with Crippen LogP contribution in [-0.2, 0) is 9.84 Å². The molecule has 1 N–H and O–H groups in total. The van der Waals surface area contributed by atoms with Crippen molar-refractivity contribution in [2.45, 2.75) is 18.1 Å². The lowest BCUT2D eigenvalue weighted by Crippen LogP contribution is -2.25. The van der Waals surface area contributed by atoms with E-state index in [1.54, 1.807) is 6.20 Å². The maximum atomic E-state index is 11.8.